The molecule has 1 aromatic carbocycles. The molecule has 0 bridgehead atoms. The zero-order chi connectivity index (χ0) is 19.0. The fourth-order valence-electron chi connectivity index (χ4n) is 3.99. The van der Waals surface area contributed by atoms with Crippen LogP contribution in [-0.4, -0.2) is 45.8 Å². The summed E-state index contributed by atoms with van der Waals surface area (Å²) in [6.07, 6.45) is 3.96. The Morgan fingerprint density at radius 1 is 0.963 bits per heavy atom. The first-order valence-corrected chi connectivity index (χ1v) is 9.97. The number of rotatable bonds is 3. The molecule has 2 aliphatic heterocycles. The van der Waals surface area contributed by atoms with E-state index in [2.05, 4.69) is 4.57 Å². The van der Waals surface area contributed by atoms with Crippen molar-refractivity contribution in [3.05, 3.63) is 57.8 Å². The van der Waals surface area contributed by atoms with E-state index in [1.54, 1.807) is 21.9 Å². The molecule has 142 valence electrons. The van der Waals surface area contributed by atoms with Crippen LogP contribution < -0.4 is 0 Å². The lowest BCUT2D eigenvalue weighted by atomic mass is 9.99. The Bertz CT molecular complexity index is 874. The minimum absolute atomic E-state index is 0.0775. The van der Waals surface area contributed by atoms with Gasteiger partial charge in [0.25, 0.3) is 0 Å². The Labute approximate surface area is 168 Å². The number of halogens is 2. The van der Waals surface area contributed by atoms with E-state index in [0.29, 0.717) is 23.1 Å². The molecule has 2 aromatic rings. The first-order valence-electron chi connectivity index (χ1n) is 9.22. The van der Waals surface area contributed by atoms with Gasteiger partial charge in [-0.25, -0.2) is 0 Å². The molecule has 2 amide bonds. The normalized spacial score (nSPS) is 19.3. The number of nitrogens with zero attached hydrogens (tertiary/aromatic N) is 3. The second-order valence-corrected chi connectivity index (χ2v) is 7.87. The summed E-state index contributed by atoms with van der Waals surface area (Å²) >= 11 is 12.3. The second-order valence-electron chi connectivity index (χ2n) is 7.05. The first-order chi connectivity index (χ1) is 13.0. The molecule has 0 unspecified atom stereocenters. The number of carbonyl (C=O) groups excluding carboxylic acids is 2. The number of fused-ring (bicyclic) bond motifs is 1. The summed E-state index contributed by atoms with van der Waals surface area (Å²) in [6, 6.07) is 9.16. The van der Waals surface area contributed by atoms with Crippen molar-refractivity contribution in [3.63, 3.8) is 0 Å². The topological polar surface area (TPSA) is 45.6 Å². The number of hydrogen-bond acceptors (Lipinski definition) is 2. The van der Waals surface area contributed by atoms with Gasteiger partial charge in [0.05, 0.1) is 16.1 Å². The summed E-state index contributed by atoms with van der Waals surface area (Å²) in [5.41, 5.74) is 1.91. The van der Waals surface area contributed by atoms with Crippen molar-refractivity contribution in [2.24, 2.45) is 0 Å². The third-order valence-electron chi connectivity index (χ3n) is 5.38. The number of carbonyl (C=O) groups is 2. The van der Waals surface area contributed by atoms with Gasteiger partial charge in [-0.2, -0.15) is 0 Å². The second kappa shape index (κ2) is 7.56. The fourth-order valence-corrected chi connectivity index (χ4v) is 4.30. The molecule has 0 N–H and O–H groups in total. The van der Waals surface area contributed by atoms with Crippen molar-refractivity contribution >= 4 is 35.0 Å². The maximum Gasteiger partial charge on any atom is 0.232 e. The molecule has 27 heavy (non-hydrogen) atoms. The van der Waals surface area contributed by atoms with Crippen LogP contribution in [0.1, 0.15) is 36.6 Å². The molecule has 1 saturated heterocycles. The van der Waals surface area contributed by atoms with Gasteiger partial charge >= 0.3 is 0 Å². The number of benzene rings is 1. The van der Waals surface area contributed by atoms with Gasteiger partial charge in [-0.05, 0) is 42.7 Å². The predicted octanol–water partition coefficient (Wildman–Crippen LogP) is 3.74. The van der Waals surface area contributed by atoms with Gasteiger partial charge in [0.1, 0.15) is 6.42 Å². The van der Waals surface area contributed by atoms with Crippen molar-refractivity contribution in [1.29, 1.82) is 0 Å². The van der Waals surface area contributed by atoms with E-state index >= 15 is 0 Å². The van der Waals surface area contributed by atoms with Crippen molar-refractivity contribution in [1.82, 2.24) is 14.4 Å². The van der Waals surface area contributed by atoms with Crippen molar-refractivity contribution in [3.8, 4) is 0 Å². The zero-order valence-electron chi connectivity index (χ0n) is 14.9. The van der Waals surface area contributed by atoms with Crippen LogP contribution >= 0.6 is 23.2 Å². The van der Waals surface area contributed by atoms with Gasteiger partial charge in [-0.15, -0.1) is 0 Å². The lowest BCUT2D eigenvalue weighted by Gasteiger charge is -2.37. The van der Waals surface area contributed by atoms with Crippen molar-refractivity contribution in [2.45, 2.75) is 31.8 Å². The minimum atomic E-state index is -0.276. The van der Waals surface area contributed by atoms with Gasteiger partial charge in [0.15, 0.2) is 0 Å². The van der Waals surface area contributed by atoms with E-state index in [-0.39, 0.29) is 24.3 Å². The van der Waals surface area contributed by atoms with Gasteiger partial charge in [0.2, 0.25) is 11.8 Å². The van der Waals surface area contributed by atoms with Crippen LogP contribution in [0.15, 0.2) is 36.5 Å². The van der Waals surface area contributed by atoms with Crippen molar-refractivity contribution < 1.29 is 9.59 Å². The van der Waals surface area contributed by atoms with E-state index in [9.17, 15) is 9.59 Å². The summed E-state index contributed by atoms with van der Waals surface area (Å²) in [5, 5.41) is 0.937. The molecular weight excluding hydrogens is 385 g/mol. The smallest absolute Gasteiger partial charge is 0.232 e. The highest BCUT2D eigenvalue weighted by Crippen LogP contribution is 2.35. The lowest BCUT2D eigenvalue weighted by Crippen LogP contribution is -2.44. The molecule has 2 aliphatic rings. The van der Waals surface area contributed by atoms with Crippen LogP contribution in [-0.2, 0) is 16.1 Å². The number of hydrogen-bond donors (Lipinski definition) is 0. The van der Waals surface area contributed by atoms with Crippen LogP contribution in [0.2, 0.25) is 10.0 Å². The maximum atomic E-state index is 13.0. The van der Waals surface area contributed by atoms with Crippen molar-refractivity contribution in [2.75, 3.05) is 19.6 Å². The molecule has 1 atom stereocenters. The Balaban J connectivity index is 1.63. The molecule has 0 saturated carbocycles. The highest BCUT2D eigenvalue weighted by Gasteiger charge is 2.34. The molecular formula is C20H21Cl2N3O2. The maximum absolute atomic E-state index is 13.0. The Hall–Kier alpha value is -1.98. The van der Waals surface area contributed by atoms with E-state index in [0.717, 1.165) is 37.2 Å². The molecule has 7 heteroatoms. The molecule has 5 nitrogen and oxygen atoms in total. The number of aromatic nitrogens is 1. The van der Waals surface area contributed by atoms with Crippen LogP contribution in [0.3, 0.4) is 0 Å². The van der Waals surface area contributed by atoms with Crippen LogP contribution in [0, 0.1) is 0 Å². The monoisotopic (exact) mass is 405 g/mol. The zero-order valence-corrected chi connectivity index (χ0v) is 16.4. The molecule has 1 aromatic heterocycles. The Kier molecular flexibility index (Phi) is 5.15. The summed E-state index contributed by atoms with van der Waals surface area (Å²) in [6.45, 7) is 2.78. The number of likely N-dealkylation sites (tertiary alicyclic amines) is 1. The molecule has 4 rings (SSSR count). The van der Waals surface area contributed by atoms with E-state index in [1.807, 2.05) is 24.4 Å². The average molecular weight is 406 g/mol. The van der Waals surface area contributed by atoms with E-state index in [4.69, 9.17) is 23.2 Å². The highest BCUT2D eigenvalue weighted by molar-refractivity contribution is 6.42. The summed E-state index contributed by atoms with van der Waals surface area (Å²) in [5.74, 6) is -0.221. The molecule has 0 spiro atoms. The SMILES string of the molecule is O=C(CC(=O)N1CCn2cccc2[C@H]1c1ccc(Cl)c(Cl)c1)N1CCCC1. The van der Waals surface area contributed by atoms with Gasteiger partial charge in [0, 0.05) is 38.1 Å². The van der Waals surface area contributed by atoms with Gasteiger partial charge in [-0.3, -0.25) is 9.59 Å². The predicted molar refractivity (Wildman–Crippen MR) is 105 cm³/mol. The largest absolute Gasteiger partial charge is 0.348 e. The third-order valence-corrected chi connectivity index (χ3v) is 6.12. The quantitative estimate of drug-likeness (QED) is 0.730. The number of amides is 2. The minimum Gasteiger partial charge on any atom is -0.348 e. The van der Waals surface area contributed by atoms with Crippen LogP contribution in [0.4, 0.5) is 0 Å². The fraction of sp³-hybridized carbons (Fsp3) is 0.400. The van der Waals surface area contributed by atoms with Crippen LogP contribution in [0.5, 0.6) is 0 Å². The average Bonchev–Trinajstić information content (AvgIpc) is 3.34. The van der Waals surface area contributed by atoms with Crippen LogP contribution in [0.25, 0.3) is 0 Å². The lowest BCUT2D eigenvalue weighted by molar-refractivity contribution is -0.141. The molecule has 0 radical (unpaired) electrons. The third kappa shape index (κ3) is 3.58. The summed E-state index contributed by atoms with van der Waals surface area (Å²) in [4.78, 5) is 29.1. The molecule has 3 heterocycles. The van der Waals surface area contributed by atoms with E-state index < -0.39 is 0 Å². The molecule has 1 fully saturated rings. The van der Waals surface area contributed by atoms with Gasteiger partial charge in [-0.1, -0.05) is 29.3 Å². The highest BCUT2D eigenvalue weighted by atomic mass is 35.5. The summed E-state index contributed by atoms with van der Waals surface area (Å²) < 4.78 is 2.14. The van der Waals surface area contributed by atoms with E-state index in [1.165, 1.54) is 0 Å². The van der Waals surface area contributed by atoms with Gasteiger partial charge < -0.3 is 14.4 Å². The Morgan fingerprint density at radius 2 is 1.74 bits per heavy atom. The standard InChI is InChI=1S/C20H21Cl2N3O2/c21-15-6-5-14(12-16(15)22)20-17-4-3-9-23(17)10-11-25(20)19(27)13-18(26)24-7-1-2-8-24/h3-6,9,12,20H,1-2,7-8,10-11,13H2/t20-/m1/s1. The molecule has 0 aliphatic carbocycles. The Morgan fingerprint density at radius 3 is 2.48 bits per heavy atom. The summed E-state index contributed by atoms with van der Waals surface area (Å²) in [7, 11) is 0. The first kappa shape index (κ1) is 18.4.